The molecular weight excluding hydrogens is 252 g/mol. The van der Waals surface area contributed by atoms with E-state index in [0.29, 0.717) is 23.7 Å². The number of para-hydroxylation sites is 1. The van der Waals surface area contributed by atoms with E-state index in [1.54, 1.807) is 6.07 Å². The molecule has 1 saturated heterocycles. The highest BCUT2D eigenvalue weighted by Gasteiger charge is 2.18. The Morgan fingerprint density at radius 2 is 2.30 bits per heavy atom. The van der Waals surface area contributed by atoms with Crippen LogP contribution in [0, 0.1) is 5.92 Å². The molecule has 1 fully saturated rings. The Hall–Kier alpha value is -1.72. The summed E-state index contributed by atoms with van der Waals surface area (Å²) in [5.74, 6) is 1.41. The van der Waals surface area contributed by atoms with Gasteiger partial charge in [0, 0.05) is 6.54 Å². The van der Waals surface area contributed by atoms with Crippen molar-refractivity contribution >= 4 is 10.9 Å². The Kier molecular flexibility index (Phi) is 3.80. The maximum Gasteiger partial charge on any atom is 0.258 e. The summed E-state index contributed by atoms with van der Waals surface area (Å²) in [7, 11) is 2.16. The Bertz CT molecular complexity index is 652. The first-order chi connectivity index (χ1) is 9.72. The summed E-state index contributed by atoms with van der Waals surface area (Å²) < 4.78 is 0. The maximum atomic E-state index is 11.9. The smallest absolute Gasteiger partial charge is 0.258 e. The molecule has 0 radical (unpaired) electrons. The Morgan fingerprint density at radius 3 is 3.10 bits per heavy atom. The van der Waals surface area contributed by atoms with Crippen molar-refractivity contribution in [2.24, 2.45) is 5.92 Å². The fourth-order valence-corrected chi connectivity index (χ4v) is 2.81. The second-order valence-electron chi connectivity index (χ2n) is 5.58. The highest BCUT2D eigenvalue weighted by atomic mass is 16.1. The third-order valence-corrected chi connectivity index (χ3v) is 3.88. The van der Waals surface area contributed by atoms with Crippen LogP contribution < -0.4 is 10.9 Å². The molecule has 2 heterocycles. The zero-order valence-electron chi connectivity index (χ0n) is 11.7. The highest BCUT2D eigenvalue weighted by Crippen LogP contribution is 2.13. The molecule has 0 bridgehead atoms. The van der Waals surface area contributed by atoms with Gasteiger partial charge in [-0.15, -0.1) is 0 Å². The van der Waals surface area contributed by atoms with Gasteiger partial charge < -0.3 is 15.2 Å². The summed E-state index contributed by atoms with van der Waals surface area (Å²) in [6.07, 6.45) is 1.24. The van der Waals surface area contributed by atoms with E-state index in [1.165, 1.54) is 13.0 Å². The molecular formula is C15H20N4O. The number of nitrogens with zero attached hydrogens (tertiary/aromatic N) is 2. The maximum absolute atomic E-state index is 11.9. The zero-order chi connectivity index (χ0) is 13.9. The fourth-order valence-electron chi connectivity index (χ4n) is 2.81. The van der Waals surface area contributed by atoms with Gasteiger partial charge in [-0.05, 0) is 44.6 Å². The topological polar surface area (TPSA) is 61.0 Å². The van der Waals surface area contributed by atoms with E-state index in [0.717, 1.165) is 18.6 Å². The van der Waals surface area contributed by atoms with Crippen LogP contribution in [0.25, 0.3) is 10.9 Å². The first kappa shape index (κ1) is 13.3. The van der Waals surface area contributed by atoms with Gasteiger partial charge in [-0.25, -0.2) is 4.98 Å². The number of H-pyrrole nitrogens is 1. The normalized spacial score (nSPS) is 19.8. The molecule has 1 atom stereocenters. The Morgan fingerprint density at radius 1 is 1.45 bits per heavy atom. The first-order valence-electron chi connectivity index (χ1n) is 7.09. The summed E-state index contributed by atoms with van der Waals surface area (Å²) in [5, 5.41) is 4.04. The lowest BCUT2D eigenvalue weighted by atomic mass is 10.1. The lowest BCUT2D eigenvalue weighted by Gasteiger charge is -2.11. The molecule has 2 N–H and O–H groups in total. The molecule has 1 aliphatic rings. The van der Waals surface area contributed by atoms with Crippen molar-refractivity contribution in [1.82, 2.24) is 20.2 Å². The molecule has 5 heteroatoms. The molecule has 20 heavy (non-hydrogen) atoms. The van der Waals surface area contributed by atoms with Crippen LogP contribution in [0.3, 0.4) is 0 Å². The van der Waals surface area contributed by atoms with E-state index < -0.39 is 0 Å². The van der Waals surface area contributed by atoms with Crippen LogP contribution in [-0.4, -0.2) is 41.5 Å². The van der Waals surface area contributed by atoms with Gasteiger partial charge in [0.25, 0.3) is 5.56 Å². The average molecular weight is 272 g/mol. The number of likely N-dealkylation sites (tertiary alicyclic amines) is 1. The minimum Gasteiger partial charge on any atom is -0.310 e. The Balaban J connectivity index is 1.64. The van der Waals surface area contributed by atoms with Gasteiger partial charge in [0.15, 0.2) is 0 Å². The van der Waals surface area contributed by atoms with E-state index in [1.807, 2.05) is 18.2 Å². The minimum absolute atomic E-state index is 0.0620. The van der Waals surface area contributed by atoms with Crippen molar-refractivity contribution < 1.29 is 0 Å². The number of nitrogens with one attached hydrogen (secondary N) is 2. The summed E-state index contributed by atoms with van der Waals surface area (Å²) >= 11 is 0. The molecule has 1 aliphatic heterocycles. The largest absolute Gasteiger partial charge is 0.310 e. The molecule has 3 rings (SSSR count). The van der Waals surface area contributed by atoms with Crippen molar-refractivity contribution in [3.05, 3.63) is 40.4 Å². The molecule has 2 aromatic rings. The van der Waals surface area contributed by atoms with Crippen LogP contribution in [-0.2, 0) is 6.54 Å². The zero-order valence-corrected chi connectivity index (χ0v) is 11.7. The second kappa shape index (κ2) is 5.73. The lowest BCUT2D eigenvalue weighted by Crippen LogP contribution is -2.26. The van der Waals surface area contributed by atoms with Crippen molar-refractivity contribution in [2.45, 2.75) is 13.0 Å². The van der Waals surface area contributed by atoms with Crippen LogP contribution in [0.5, 0.6) is 0 Å². The summed E-state index contributed by atoms with van der Waals surface area (Å²) in [5.41, 5.74) is 0.696. The standard InChI is InChI=1S/C15H20N4O/c1-19-7-6-11(10-19)8-16-9-14-17-13-5-3-2-4-12(13)15(20)18-14/h2-5,11,16H,6-10H2,1H3,(H,17,18,20). The first-order valence-corrected chi connectivity index (χ1v) is 7.09. The molecule has 1 aromatic carbocycles. The van der Waals surface area contributed by atoms with Gasteiger partial charge in [-0.1, -0.05) is 12.1 Å². The number of aromatic nitrogens is 2. The van der Waals surface area contributed by atoms with Gasteiger partial charge in [-0.3, -0.25) is 4.79 Å². The number of hydrogen-bond donors (Lipinski definition) is 2. The predicted octanol–water partition coefficient (Wildman–Crippen LogP) is 0.964. The summed E-state index contributed by atoms with van der Waals surface area (Å²) in [6, 6.07) is 7.43. The summed E-state index contributed by atoms with van der Waals surface area (Å²) in [4.78, 5) is 21.6. The number of benzene rings is 1. The van der Waals surface area contributed by atoms with Gasteiger partial charge in [0.1, 0.15) is 5.82 Å². The van der Waals surface area contributed by atoms with Crippen LogP contribution in [0.1, 0.15) is 12.2 Å². The molecule has 0 saturated carbocycles. The molecule has 106 valence electrons. The highest BCUT2D eigenvalue weighted by molar-refractivity contribution is 5.77. The van der Waals surface area contributed by atoms with Crippen LogP contribution in [0.15, 0.2) is 29.1 Å². The number of fused-ring (bicyclic) bond motifs is 1. The van der Waals surface area contributed by atoms with E-state index >= 15 is 0 Å². The van der Waals surface area contributed by atoms with E-state index in [2.05, 4.69) is 27.2 Å². The third kappa shape index (κ3) is 2.89. The van der Waals surface area contributed by atoms with Crippen LogP contribution >= 0.6 is 0 Å². The molecule has 5 nitrogen and oxygen atoms in total. The van der Waals surface area contributed by atoms with Crippen molar-refractivity contribution in [1.29, 1.82) is 0 Å². The molecule has 0 amide bonds. The van der Waals surface area contributed by atoms with E-state index in [9.17, 15) is 4.79 Å². The third-order valence-electron chi connectivity index (χ3n) is 3.88. The molecule has 0 spiro atoms. The van der Waals surface area contributed by atoms with Crippen molar-refractivity contribution in [3.63, 3.8) is 0 Å². The number of hydrogen-bond acceptors (Lipinski definition) is 4. The second-order valence-corrected chi connectivity index (χ2v) is 5.58. The van der Waals surface area contributed by atoms with E-state index in [-0.39, 0.29) is 5.56 Å². The minimum atomic E-state index is -0.0620. The predicted molar refractivity (Wildman–Crippen MR) is 79.7 cm³/mol. The van der Waals surface area contributed by atoms with Gasteiger partial charge >= 0.3 is 0 Å². The quantitative estimate of drug-likeness (QED) is 0.870. The Labute approximate surface area is 118 Å². The monoisotopic (exact) mass is 272 g/mol. The summed E-state index contributed by atoms with van der Waals surface area (Å²) in [6.45, 7) is 3.91. The average Bonchev–Trinajstić information content (AvgIpc) is 2.85. The van der Waals surface area contributed by atoms with Gasteiger partial charge in [0.2, 0.25) is 0 Å². The molecule has 1 unspecified atom stereocenters. The van der Waals surface area contributed by atoms with Crippen molar-refractivity contribution in [2.75, 3.05) is 26.7 Å². The van der Waals surface area contributed by atoms with E-state index in [4.69, 9.17) is 0 Å². The number of rotatable bonds is 4. The SMILES string of the molecule is CN1CCC(CNCc2nc3ccccc3c(=O)[nH]2)C1. The van der Waals surface area contributed by atoms with Gasteiger partial charge in [-0.2, -0.15) is 0 Å². The van der Waals surface area contributed by atoms with Crippen LogP contribution in [0.4, 0.5) is 0 Å². The number of aromatic amines is 1. The fraction of sp³-hybridized carbons (Fsp3) is 0.467. The lowest BCUT2D eigenvalue weighted by molar-refractivity contribution is 0.387. The van der Waals surface area contributed by atoms with Crippen molar-refractivity contribution in [3.8, 4) is 0 Å². The molecule has 1 aromatic heterocycles. The van der Waals surface area contributed by atoms with Crippen LogP contribution in [0.2, 0.25) is 0 Å². The molecule has 0 aliphatic carbocycles. The van der Waals surface area contributed by atoms with Gasteiger partial charge in [0.05, 0.1) is 17.4 Å².